The van der Waals surface area contributed by atoms with E-state index in [1.54, 1.807) is 0 Å². The molecular weight excluding hydrogens is 366 g/mol. The molecule has 1 aromatic heterocycles. The molecule has 0 radical (unpaired) electrons. The highest BCUT2D eigenvalue weighted by Crippen LogP contribution is 2.26. The van der Waals surface area contributed by atoms with Crippen LogP contribution in [0.3, 0.4) is 0 Å². The fraction of sp³-hybridized carbons (Fsp3) is 0.727. The van der Waals surface area contributed by atoms with Crippen molar-refractivity contribution in [2.45, 2.75) is 52.2 Å². The van der Waals surface area contributed by atoms with Crippen LogP contribution in [0.1, 0.15) is 45.1 Å². The molecule has 7 heteroatoms. The molecule has 0 spiro atoms. The van der Waals surface area contributed by atoms with Crippen LogP contribution in [0, 0.1) is 5.92 Å². The average Bonchev–Trinajstić information content (AvgIpc) is 2.75. The first kappa shape index (κ1) is 21.8. The van der Waals surface area contributed by atoms with E-state index in [2.05, 4.69) is 34.4 Å². The quantitative estimate of drug-likeness (QED) is 0.513. The summed E-state index contributed by atoms with van der Waals surface area (Å²) < 4.78 is 11.5. The number of aliphatic imine (C=N–C) groups is 1. The number of pyridine rings is 1. The molecule has 0 aromatic carbocycles. The predicted octanol–water partition coefficient (Wildman–Crippen LogP) is 2.43. The Balaban J connectivity index is 1.47. The first-order chi connectivity index (χ1) is 14.2. The van der Waals surface area contributed by atoms with Gasteiger partial charge in [0.15, 0.2) is 5.96 Å². The third-order valence-corrected chi connectivity index (χ3v) is 5.64. The molecule has 29 heavy (non-hydrogen) atoms. The van der Waals surface area contributed by atoms with Crippen molar-refractivity contribution in [3.05, 3.63) is 23.9 Å². The molecule has 1 saturated heterocycles. The first-order valence-electron chi connectivity index (χ1n) is 11.2. The lowest BCUT2D eigenvalue weighted by molar-refractivity contribution is 0.0389. The highest BCUT2D eigenvalue weighted by atomic mass is 16.5. The van der Waals surface area contributed by atoms with E-state index < -0.39 is 0 Å². The zero-order valence-electron chi connectivity index (χ0n) is 18.0. The first-order valence-corrected chi connectivity index (χ1v) is 11.2. The van der Waals surface area contributed by atoms with Crippen molar-refractivity contribution in [2.75, 3.05) is 45.9 Å². The summed E-state index contributed by atoms with van der Waals surface area (Å²) in [5.74, 6) is 2.40. The summed E-state index contributed by atoms with van der Waals surface area (Å²) >= 11 is 0. The number of nitrogens with one attached hydrogen (secondary N) is 2. The van der Waals surface area contributed by atoms with Gasteiger partial charge in [0.2, 0.25) is 5.88 Å². The van der Waals surface area contributed by atoms with Gasteiger partial charge < -0.3 is 20.1 Å². The maximum absolute atomic E-state index is 6.12. The largest absolute Gasteiger partial charge is 0.474 e. The van der Waals surface area contributed by atoms with Crippen molar-refractivity contribution in [1.82, 2.24) is 20.5 Å². The van der Waals surface area contributed by atoms with E-state index in [1.165, 1.54) is 12.8 Å². The summed E-state index contributed by atoms with van der Waals surface area (Å²) in [7, 11) is 0. The van der Waals surface area contributed by atoms with Gasteiger partial charge in [0.25, 0.3) is 0 Å². The van der Waals surface area contributed by atoms with Gasteiger partial charge in [0.1, 0.15) is 6.10 Å². The van der Waals surface area contributed by atoms with Crippen LogP contribution < -0.4 is 15.4 Å². The van der Waals surface area contributed by atoms with Crippen molar-refractivity contribution < 1.29 is 9.47 Å². The van der Waals surface area contributed by atoms with E-state index in [1.807, 2.05) is 18.3 Å². The van der Waals surface area contributed by atoms with E-state index in [4.69, 9.17) is 14.5 Å². The molecule has 0 unspecified atom stereocenters. The Morgan fingerprint density at radius 2 is 2.03 bits per heavy atom. The van der Waals surface area contributed by atoms with Crippen LogP contribution in [0.2, 0.25) is 0 Å². The summed E-state index contributed by atoms with van der Waals surface area (Å²) in [6, 6.07) is 4.04. The van der Waals surface area contributed by atoms with Crippen molar-refractivity contribution in [3.8, 4) is 5.88 Å². The summed E-state index contributed by atoms with van der Waals surface area (Å²) in [4.78, 5) is 11.5. The molecule has 1 aromatic rings. The predicted molar refractivity (Wildman–Crippen MR) is 116 cm³/mol. The van der Waals surface area contributed by atoms with Gasteiger partial charge in [-0.3, -0.25) is 4.90 Å². The van der Waals surface area contributed by atoms with E-state index in [0.717, 1.165) is 82.1 Å². The molecule has 1 saturated carbocycles. The van der Waals surface area contributed by atoms with Gasteiger partial charge in [-0.25, -0.2) is 9.98 Å². The Bertz CT molecular complexity index is 625. The average molecular weight is 404 g/mol. The van der Waals surface area contributed by atoms with E-state index in [0.29, 0.717) is 12.6 Å². The zero-order valence-corrected chi connectivity index (χ0v) is 18.0. The Hall–Kier alpha value is -1.86. The number of guanidine groups is 1. The number of hydrogen-bond acceptors (Lipinski definition) is 5. The minimum Gasteiger partial charge on any atom is -0.474 e. The van der Waals surface area contributed by atoms with Crippen LogP contribution in [0.15, 0.2) is 23.3 Å². The van der Waals surface area contributed by atoms with Gasteiger partial charge in [0, 0.05) is 45.0 Å². The Morgan fingerprint density at radius 3 is 2.79 bits per heavy atom. The monoisotopic (exact) mass is 403 g/mol. The number of hydrogen-bond donors (Lipinski definition) is 2. The fourth-order valence-electron chi connectivity index (χ4n) is 3.80. The minimum atomic E-state index is 0.302. The van der Waals surface area contributed by atoms with Crippen LogP contribution >= 0.6 is 0 Å². The molecule has 0 bridgehead atoms. The number of rotatable bonds is 8. The maximum atomic E-state index is 6.12. The molecule has 162 valence electrons. The van der Waals surface area contributed by atoms with E-state index in [-0.39, 0.29) is 0 Å². The molecular formula is C22H37N5O2. The Labute approximate surface area is 175 Å². The third-order valence-electron chi connectivity index (χ3n) is 5.64. The summed E-state index contributed by atoms with van der Waals surface area (Å²) in [5.41, 5.74) is 1.12. The summed E-state index contributed by atoms with van der Waals surface area (Å²) in [6.45, 7) is 11.4. The van der Waals surface area contributed by atoms with Gasteiger partial charge in [-0.2, -0.15) is 0 Å². The van der Waals surface area contributed by atoms with E-state index >= 15 is 0 Å². The van der Waals surface area contributed by atoms with Crippen LogP contribution in [0.25, 0.3) is 0 Å². The third kappa shape index (κ3) is 7.82. The minimum absolute atomic E-state index is 0.302. The van der Waals surface area contributed by atoms with Crippen LogP contribution in [-0.2, 0) is 11.3 Å². The molecule has 7 nitrogen and oxygen atoms in total. The smallest absolute Gasteiger partial charge is 0.213 e. The molecule has 2 heterocycles. The Kier molecular flexibility index (Phi) is 9.02. The molecule has 0 amide bonds. The highest BCUT2D eigenvalue weighted by molar-refractivity contribution is 5.79. The molecule has 2 aliphatic rings. The van der Waals surface area contributed by atoms with Crippen LogP contribution in [-0.4, -0.2) is 67.9 Å². The Morgan fingerprint density at radius 1 is 1.24 bits per heavy atom. The molecule has 1 aliphatic carbocycles. The van der Waals surface area contributed by atoms with E-state index in [9.17, 15) is 0 Å². The molecule has 0 atom stereocenters. The van der Waals surface area contributed by atoms with Crippen molar-refractivity contribution in [1.29, 1.82) is 0 Å². The molecule has 2 N–H and O–H groups in total. The second-order valence-corrected chi connectivity index (χ2v) is 8.08. The van der Waals surface area contributed by atoms with Gasteiger partial charge in [-0.1, -0.05) is 6.92 Å². The SMILES string of the molecule is CCNC(=NCc1ccnc(OC2CCC(C)CC2)c1)NCCN1CCOCC1. The van der Waals surface area contributed by atoms with Crippen molar-refractivity contribution >= 4 is 5.96 Å². The number of nitrogens with zero attached hydrogens (tertiary/aromatic N) is 3. The van der Waals surface area contributed by atoms with Gasteiger partial charge in [-0.15, -0.1) is 0 Å². The standard InChI is InChI=1S/C22H37N5O2/c1-3-23-22(25-10-11-27-12-14-28-15-13-27)26-17-19-8-9-24-21(16-19)29-20-6-4-18(2)5-7-20/h8-9,16,18,20H,3-7,10-15,17H2,1-2H3,(H2,23,25,26). The number of aromatic nitrogens is 1. The molecule has 3 rings (SSSR count). The van der Waals surface area contributed by atoms with Gasteiger partial charge >= 0.3 is 0 Å². The lowest BCUT2D eigenvalue weighted by Crippen LogP contribution is -2.44. The molecule has 1 aliphatic heterocycles. The van der Waals surface area contributed by atoms with Crippen LogP contribution in [0.4, 0.5) is 0 Å². The van der Waals surface area contributed by atoms with Gasteiger partial charge in [0.05, 0.1) is 19.8 Å². The second-order valence-electron chi connectivity index (χ2n) is 8.08. The maximum Gasteiger partial charge on any atom is 0.213 e. The topological polar surface area (TPSA) is 71.0 Å². The lowest BCUT2D eigenvalue weighted by atomic mass is 9.89. The van der Waals surface area contributed by atoms with Crippen LogP contribution in [0.5, 0.6) is 5.88 Å². The number of ether oxygens (including phenoxy) is 2. The normalized spacial score (nSPS) is 23.6. The summed E-state index contributed by atoms with van der Waals surface area (Å²) in [5, 5.41) is 6.76. The number of morpholine rings is 1. The lowest BCUT2D eigenvalue weighted by Gasteiger charge is -2.26. The highest BCUT2D eigenvalue weighted by Gasteiger charge is 2.20. The molecule has 2 fully saturated rings. The van der Waals surface area contributed by atoms with Crippen molar-refractivity contribution in [3.63, 3.8) is 0 Å². The summed E-state index contributed by atoms with van der Waals surface area (Å²) in [6.07, 6.45) is 6.88. The zero-order chi connectivity index (χ0) is 20.3. The fourth-order valence-corrected chi connectivity index (χ4v) is 3.80. The van der Waals surface area contributed by atoms with Gasteiger partial charge in [-0.05, 0) is 50.2 Å². The van der Waals surface area contributed by atoms with Crippen molar-refractivity contribution in [2.24, 2.45) is 10.9 Å². The second kappa shape index (κ2) is 12.0.